The van der Waals surface area contributed by atoms with Crippen LogP contribution in [-0.4, -0.2) is 36.5 Å². The molecule has 1 unspecified atom stereocenters. The fourth-order valence-corrected chi connectivity index (χ4v) is 1.77. The van der Waals surface area contributed by atoms with Crippen LogP contribution in [0.1, 0.15) is 10.4 Å². The van der Waals surface area contributed by atoms with Crippen LogP contribution in [0.4, 0.5) is 35.1 Å². The first-order chi connectivity index (χ1) is 10.6. The van der Waals surface area contributed by atoms with Crippen molar-refractivity contribution in [3.05, 3.63) is 35.1 Å². The van der Waals surface area contributed by atoms with Gasteiger partial charge in [0.25, 0.3) is 6.10 Å². The lowest BCUT2D eigenvalue weighted by Crippen LogP contribution is -2.52. The van der Waals surface area contributed by atoms with E-state index in [0.717, 1.165) is 0 Å². The molecule has 1 aromatic carbocycles. The molecule has 0 saturated carbocycles. The number of carbonyl (C=O) groups is 1. The van der Waals surface area contributed by atoms with E-state index in [-0.39, 0.29) is 12.1 Å². The summed E-state index contributed by atoms with van der Waals surface area (Å²) in [6.07, 6.45) is -11.0. The Morgan fingerprint density at radius 3 is 1.96 bits per heavy atom. The predicted octanol–water partition coefficient (Wildman–Crippen LogP) is 2.67. The molecule has 1 atom stereocenters. The van der Waals surface area contributed by atoms with E-state index in [1.165, 1.54) is 0 Å². The molecule has 0 aromatic heterocycles. The number of hydrogen-bond donors (Lipinski definition) is 1. The highest BCUT2D eigenvalue weighted by Gasteiger charge is 2.66. The quantitative estimate of drug-likeness (QED) is 0.371. The maximum atomic E-state index is 13.2. The summed E-state index contributed by atoms with van der Waals surface area (Å²) in [5.41, 5.74) is -1.71. The first-order valence-corrected chi connectivity index (χ1v) is 6.80. The van der Waals surface area contributed by atoms with Gasteiger partial charge in [-0.1, -0.05) is 0 Å². The van der Waals surface area contributed by atoms with Gasteiger partial charge in [-0.3, -0.25) is 4.55 Å². The molecule has 0 radical (unpaired) electrons. The zero-order valence-corrected chi connectivity index (χ0v) is 11.6. The Kier molecular flexibility index (Phi) is 5.15. The van der Waals surface area contributed by atoms with Crippen LogP contribution in [0, 0.1) is 17.5 Å². The van der Waals surface area contributed by atoms with E-state index in [9.17, 15) is 48.3 Å². The molecule has 0 spiro atoms. The van der Waals surface area contributed by atoms with Gasteiger partial charge in [0.15, 0.2) is 17.5 Å². The lowest BCUT2D eigenvalue weighted by atomic mass is 10.2. The monoisotopic (exact) mass is 388 g/mol. The summed E-state index contributed by atoms with van der Waals surface area (Å²) in [5.74, 6) is -9.08. The third kappa shape index (κ3) is 3.75. The highest BCUT2D eigenvalue weighted by atomic mass is 32.2. The first-order valence-electron chi connectivity index (χ1n) is 5.36. The van der Waals surface area contributed by atoms with E-state index < -0.39 is 56.6 Å². The molecule has 1 rings (SSSR count). The number of halogens is 8. The summed E-state index contributed by atoms with van der Waals surface area (Å²) in [7, 11) is -6.70. The number of carbonyl (C=O) groups excluding carboxylic acids is 1. The van der Waals surface area contributed by atoms with Crippen LogP contribution in [0.2, 0.25) is 0 Å². The smallest absolute Gasteiger partial charge is 0.432 e. The highest BCUT2D eigenvalue weighted by Crippen LogP contribution is 2.38. The second-order valence-electron chi connectivity index (χ2n) is 4.09. The van der Waals surface area contributed by atoms with Gasteiger partial charge in [-0.05, 0) is 12.1 Å². The van der Waals surface area contributed by atoms with E-state index in [2.05, 4.69) is 4.74 Å². The Morgan fingerprint density at radius 2 is 1.54 bits per heavy atom. The van der Waals surface area contributed by atoms with Crippen molar-refractivity contribution in [1.29, 1.82) is 0 Å². The molecule has 0 amide bonds. The molecule has 14 heteroatoms. The Hall–Kier alpha value is -1.96. The number of alkyl halides is 5. The SMILES string of the molecule is O=C(OC(C(F)(F)F)C(F)(F)S(=O)(=O)O)c1ccc(F)c(F)c1F. The minimum Gasteiger partial charge on any atom is -0.441 e. The fourth-order valence-electron chi connectivity index (χ4n) is 1.32. The van der Waals surface area contributed by atoms with E-state index in [1.54, 1.807) is 0 Å². The molecule has 0 bridgehead atoms. The van der Waals surface area contributed by atoms with Gasteiger partial charge in [0.05, 0.1) is 5.56 Å². The number of hydrogen-bond acceptors (Lipinski definition) is 4. The van der Waals surface area contributed by atoms with Gasteiger partial charge in [-0.2, -0.15) is 30.4 Å². The van der Waals surface area contributed by atoms with Crippen molar-refractivity contribution < 1.29 is 57.6 Å². The van der Waals surface area contributed by atoms with E-state index in [0.29, 0.717) is 0 Å². The molecule has 0 aliphatic carbocycles. The largest absolute Gasteiger partial charge is 0.441 e. The van der Waals surface area contributed by atoms with Crippen molar-refractivity contribution in [2.45, 2.75) is 17.5 Å². The van der Waals surface area contributed by atoms with Crippen molar-refractivity contribution in [3.8, 4) is 0 Å². The van der Waals surface area contributed by atoms with Gasteiger partial charge in [0, 0.05) is 0 Å². The third-order valence-corrected chi connectivity index (χ3v) is 3.33. The zero-order chi connectivity index (χ0) is 19.1. The number of esters is 1. The highest BCUT2D eigenvalue weighted by molar-refractivity contribution is 7.86. The fraction of sp³-hybridized carbons (Fsp3) is 0.300. The zero-order valence-electron chi connectivity index (χ0n) is 10.7. The number of rotatable bonds is 4. The summed E-state index contributed by atoms with van der Waals surface area (Å²) in [6, 6.07) is 0.160. The molecule has 0 aliphatic heterocycles. The van der Waals surface area contributed by atoms with Crippen molar-refractivity contribution in [3.63, 3.8) is 0 Å². The first kappa shape index (κ1) is 20.1. The summed E-state index contributed by atoms with van der Waals surface area (Å²) < 4.78 is 135. The second-order valence-corrected chi connectivity index (χ2v) is 5.58. The van der Waals surface area contributed by atoms with Crippen LogP contribution in [0.3, 0.4) is 0 Å². The molecule has 0 fully saturated rings. The molecule has 0 heterocycles. The molecule has 136 valence electrons. The Bertz CT molecular complexity index is 757. The molecule has 0 saturated heterocycles. The minimum absolute atomic E-state index is 0.0785. The van der Waals surface area contributed by atoms with Crippen molar-refractivity contribution in [1.82, 2.24) is 0 Å². The maximum absolute atomic E-state index is 13.2. The van der Waals surface area contributed by atoms with Crippen LogP contribution in [0.5, 0.6) is 0 Å². The molecule has 0 aliphatic rings. The van der Waals surface area contributed by atoms with Crippen LogP contribution in [-0.2, 0) is 14.9 Å². The number of ether oxygens (including phenoxy) is 1. The maximum Gasteiger partial charge on any atom is 0.432 e. The minimum atomic E-state index is -6.70. The van der Waals surface area contributed by atoms with Crippen LogP contribution in [0.15, 0.2) is 12.1 Å². The summed E-state index contributed by atoms with van der Waals surface area (Å²) >= 11 is 0. The van der Waals surface area contributed by atoms with Gasteiger partial charge in [0.2, 0.25) is 0 Å². The second kappa shape index (κ2) is 6.16. The van der Waals surface area contributed by atoms with Crippen molar-refractivity contribution >= 4 is 16.1 Å². The molecule has 1 aromatic rings. The van der Waals surface area contributed by atoms with Crippen molar-refractivity contribution in [2.75, 3.05) is 0 Å². The van der Waals surface area contributed by atoms with Gasteiger partial charge >= 0.3 is 27.5 Å². The van der Waals surface area contributed by atoms with E-state index >= 15 is 0 Å². The molecule has 5 nitrogen and oxygen atoms in total. The van der Waals surface area contributed by atoms with Crippen molar-refractivity contribution in [2.24, 2.45) is 0 Å². The lowest BCUT2D eigenvalue weighted by Gasteiger charge is -2.26. The van der Waals surface area contributed by atoms with Gasteiger partial charge in [-0.15, -0.1) is 0 Å². The van der Waals surface area contributed by atoms with Gasteiger partial charge in [-0.25, -0.2) is 18.0 Å². The van der Waals surface area contributed by atoms with Gasteiger partial charge < -0.3 is 4.74 Å². The Labute approximate surface area is 127 Å². The molecular formula is C10H4F8O5S. The Balaban J connectivity index is 3.32. The van der Waals surface area contributed by atoms with E-state index in [1.807, 2.05) is 0 Å². The van der Waals surface area contributed by atoms with Gasteiger partial charge in [0.1, 0.15) is 0 Å². The van der Waals surface area contributed by atoms with Crippen LogP contribution in [0.25, 0.3) is 0 Å². The molecule has 24 heavy (non-hydrogen) atoms. The third-order valence-electron chi connectivity index (χ3n) is 2.43. The van der Waals surface area contributed by atoms with E-state index in [4.69, 9.17) is 4.55 Å². The summed E-state index contributed by atoms with van der Waals surface area (Å²) in [4.78, 5) is 11.3. The molecular weight excluding hydrogens is 384 g/mol. The Morgan fingerprint density at radius 1 is 1.04 bits per heavy atom. The standard InChI is InChI=1S/C10H4F8O5S/c11-4-2-1-3(5(12)6(4)13)7(19)23-8(9(14,15)16)10(17,18)24(20,21)22/h1-2,8H,(H,20,21,22). The average molecular weight is 388 g/mol. The summed E-state index contributed by atoms with van der Waals surface area (Å²) in [5, 5.41) is -6.05. The number of benzene rings is 1. The summed E-state index contributed by atoms with van der Waals surface area (Å²) in [6.45, 7) is 0. The van der Waals surface area contributed by atoms with Crippen LogP contribution >= 0.6 is 0 Å². The predicted molar refractivity (Wildman–Crippen MR) is 58.1 cm³/mol. The van der Waals surface area contributed by atoms with Crippen LogP contribution < -0.4 is 0 Å². The lowest BCUT2D eigenvalue weighted by molar-refractivity contribution is -0.248. The average Bonchev–Trinajstić information content (AvgIpc) is 2.39. The normalized spacial score (nSPS) is 14.4. The molecule has 1 N–H and O–H groups in total. The topological polar surface area (TPSA) is 80.7 Å².